The van der Waals surface area contributed by atoms with Gasteiger partial charge in [-0.3, -0.25) is 9.52 Å². The van der Waals surface area contributed by atoms with Crippen molar-refractivity contribution >= 4 is 27.3 Å². The van der Waals surface area contributed by atoms with Crippen LogP contribution in [0.2, 0.25) is 0 Å². The van der Waals surface area contributed by atoms with Crippen LogP contribution in [0.5, 0.6) is 0 Å². The maximum Gasteiger partial charge on any atom is 0.261 e. The minimum atomic E-state index is -3.78. The van der Waals surface area contributed by atoms with Crippen LogP contribution < -0.4 is 10.0 Å². The van der Waals surface area contributed by atoms with Crippen molar-refractivity contribution in [2.45, 2.75) is 18.7 Å². The molecule has 0 saturated carbocycles. The van der Waals surface area contributed by atoms with E-state index >= 15 is 0 Å². The van der Waals surface area contributed by atoms with Gasteiger partial charge < -0.3 is 5.32 Å². The van der Waals surface area contributed by atoms with E-state index < -0.39 is 15.8 Å². The highest BCUT2D eigenvalue weighted by molar-refractivity contribution is 7.92. The summed E-state index contributed by atoms with van der Waals surface area (Å²) >= 11 is 0. The number of hydrogen-bond acceptors (Lipinski definition) is 3. The molecule has 0 aliphatic carbocycles. The molecule has 0 atom stereocenters. The lowest BCUT2D eigenvalue weighted by Crippen LogP contribution is -2.17. The van der Waals surface area contributed by atoms with Gasteiger partial charge in [0, 0.05) is 17.3 Å². The van der Waals surface area contributed by atoms with Crippen LogP contribution in [0.25, 0.3) is 0 Å². The number of amides is 1. The first-order valence-corrected chi connectivity index (χ1v) is 8.45. The number of sulfonamides is 1. The third kappa shape index (κ3) is 4.53. The number of anilines is 2. The quantitative estimate of drug-likeness (QED) is 0.880. The van der Waals surface area contributed by atoms with E-state index in [-0.39, 0.29) is 16.7 Å². The number of carbonyl (C=O) groups is 1. The molecule has 0 bridgehead atoms. The number of rotatable bonds is 5. The van der Waals surface area contributed by atoms with Crippen LogP contribution in [0.3, 0.4) is 0 Å². The summed E-state index contributed by atoms with van der Waals surface area (Å²) in [4.78, 5) is 11.6. The van der Waals surface area contributed by atoms with Crippen molar-refractivity contribution in [2.75, 3.05) is 10.0 Å². The smallest absolute Gasteiger partial charge is 0.261 e. The van der Waals surface area contributed by atoms with Gasteiger partial charge in [0.25, 0.3) is 10.0 Å². The Morgan fingerprint density at radius 2 is 1.48 bits per heavy atom. The highest BCUT2D eigenvalue weighted by atomic mass is 32.2. The average Bonchev–Trinajstić information content (AvgIpc) is 2.49. The molecule has 0 aromatic heterocycles. The number of hydrogen-bond donors (Lipinski definition) is 2. The van der Waals surface area contributed by atoms with Crippen LogP contribution in [-0.2, 0) is 14.8 Å². The summed E-state index contributed by atoms with van der Waals surface area (Å²) in [6, 6.07) is 10.8. The molecule has 0 fully saturated rings. The summed E-state index contributed by atoms with van der Waals surface area (Å²) in [5.41, 5.74) is 0.922. The van der Waals surface area contributed by atoms with Crippen LogP contribution >= 0.6 is 0 Å². The molecule has 0 aliphatic rings. The van der Waals surface area contributed by atoms with Gasteiger partial charge >= 0.3 is 0 Å². The fourth-order valence-electron chi connectivity index (χ4n) is 1.74. The predicted molar refractivity (Wildman–Crippen MR) is 87.1 cm³/mol. The molecule has 23 heavy (non-hydrogen) atoms. The molecule has 0 aliphatic heterocycles. The Morgan fingerprint density at radius 3 is 2.00 bits per heavy atom. The highest BCUT2D eigenvalue weighted by Crippen LogP contribution is 2.19. The van der Waals surface area contributed by atoms with E-state index in [1.807, 2.05) is 0 Å². The molecule has 0 heterocycles. The Labute approximate surface area is 134 Å². The first-order chi connectivity index (χ1) is 10.8. The van der Waals surface area contributed by atoms with Crippen molar-refractivity contribution in [3.8, 4) is 0 Å². The zero-order valence-electron chi connectivity index (χ0n) is 12.7. The standard InChI is InChI=1S/C16H17FN2O3S/c1-11(2)16(20)18-13-5-7-14(8-6-13)19-23(21,22)15-9-3-12(17)4-10-15/h3-11,19H,1-2H3,(H,18,20). The summed E-state index contributed by atoms with van der Waals surface area (Å²) < 4.78 is 39.6. The van der Waals surface area contributed by atoms with E-state index in [4.69, 9.17) is 0 Å². The molecular formula is C16H17FN2O3S. The summed E-state index contributed by atoms with van der Waals surface area (Å²) in [6.07, 6.45) is 0. The Morgan fingerprint density at radius 1 is 0.957 bits per heavy atom. The Bertz CT molecular complexity index is 785. The Kier molecular flexibility index (Phi) is 5.00. The molecular weight excluding hydrogens is 319 g/mol. The maximum absolute atomic E-state index is 12.9. The fourth-order valence-corrected chi connectivity index (χ4v) is 2.79. The van der Waals surface area contributed by atoms with E-state index in [9.17, 15) is 17.6 Å². The van der Waals surface area contributed by atoms with Gasteiger partial charge in [0.2, 0.25) is 5.91 Å². The van der Waals surface area contributed by atoms with Crippen molar-refractivity contribution in [3.05, 3.63) is 54.3 Å². The molecule has 2 N–H and O–H groups in total. The molecule has 2 aromatic rings. The number of nitrogens with one attached hydrogen (secondary N) is 2. The van der Waals surface area contributed by atoms with Crippen molar-refractivity contribution in [2.24, 2.45) is 5.92 Å². The largest absolute Gasteiger partial charge is 0.326 e. The van der Waals surface area contributed by atoms with Gasteiger partial charge in [-0.25, -0.2) is 12.8 Å². The van der Waals surface area contributed by atoms with Crippen LogP contribution in [0.1, 0.15) is 13.8 Å². The molecule has 122 valence electrons. The number of carbonyl (C=O) groups excluding carboxylic acids is 1. The number of benzene rings is 2. The molecule has 0 saturated heterocycles. The van der Waals surface area contributed by atoms with Gasteiger partial charge in [-0.1, -0.05) is 13.8 Å². The van der Waals surface area contributed by atoms with Gasteiger partial charge in [0.1, 0.15) is 5.82 Å². The fraction of sp³-hybridized carbons (Fsp3) is 0.188. The molecule has 1 amide bonds. The molecule has 0 radical (unpaired) electrons. The van der Waals surface area contributed by atoms with Crippen LogP contribution in [0.4, 0.5) is 15.8 Å². The van der Waals surface area contributed by atoms with Crippen molar-refractivity contribution in [1.82, 2.24) is 0 Å². The third-order valence-electron chi connectivity index (χ3n) is 3.05. The van der Waals surface area contributed by atoms with Crippen molar-refractivity contribution in [3.63, 3.8) is 0 Å². The second-order valence-corrected chi connectivity index (χ2v) is 6.96. The number of halogens is 1. The first kappa shape index (κ1) is 17.0. The van der Waals surface area contributed by atoms with Gasteiger partial charge in [-0.05, 0) is 48.5 Å². The summed E-state index contributed by atoms with van der Waals surface area (Å²) in [7, 11) is -3.78. The molecule has 2 aromatic carbocycles. The zero-order valence-corrected chi connectivity index (χ0v) is 13.5. The topological polar surface area (TPSA) is 75.3 Å². The van der Waals surface area contributed by atoms with E-state index in [1.54, 1.807) is 26.0 Å². The molecule has 0 spiro atoms. The average molecular weight is 336 g/mol. The SMILES string of the molecule is CC(C)C(=O)Nc1ccc(NS(=O)(=O)c2ccc(F)cc2)cc1. The monoisotopic (exact) mass is 336 g/mol. The predicted octanol–water partition coefficient (Wildman–Crippen LogP) is 3.22. The maximum atomic E-state index is 12.9. The minimum Gasteiger partial charge on any atom is -0.326 e. The molecule has 0 unspecified atom stereocenters. The van der Waals surface area contributed by atoms with Gasteiger partial charge in [0.15, 0.2) is 0 Å². The second kappa shape index (κ2) is 6.78. The van der Waals surface area contributed by atoms with Crippen LogP contribution in [0.15, 0.2) is 53.4 Å². The van der Waals surface area contributed by atoms with Gasteiger partial charge in [-0.2, -0.15) is 0 Å². The van der Waals surface area contributed by atoms with E-state index in [0.29, 0.717) is 11.4 Å². The van der Waals surface area contributed by atoms with Gasteiger partial charge in [0.05, 0.1) is 4.90 Å². The van der Waals surface area contributed by atoms with Crippen LogP contribution in [0, 0.1) is 11.7 Å². The summed E-state index contributed by atoms with van der Waals surface area (Å²) in [5.74, 6) is -0.773. The lowest BCUT2D eigenvalue weighted by molar-refractivity contribution is -0.118. The third-order valence-corrected chi connectivity index (χ3v) is 4.45. The molecule has 2 rings (SSSR count). The second-order valence-electron chi connectivity index (χ2n) is 5.28. The highest BCUT2D eigenvalue weighted by Gasteiger charge is 2.14. The van der Waals surface area contributed by atoms with E-state index in [0.717, 1.165) is 12.1 Å². The first-order valence-electron chi connectivity index (χ1n) is 6.97. The zero-order chi connectivity index (χ0) is 17.0. The summed E-state index contributed by atoms with van der Waals surface area (Å²) in [5, 5.41) is 2.71. The minimum absolute atomic E-state index is 0.0314. The van der Waals surface area contributed by atoms with Gasteiger partial charge in [-0.15, -0.1) is 0 Å². The lowest BCUT2D eigenvalue weighted by Gasteiger charge is -2.10. The summed E-state index contributed by atoms with van der Waals surface area (Å²) in [6.45, 7) is 3.56. The Hall–Kier alpha value is -2.41. The van der Waals surface area contributed by atoms with E-state index in [2.05, 4.69) is 10.0 Å². The molecule has 7 heteroatoms. The normalized spacial score (nSPS) is 11.3. The van der Waals surface area contributed by atoms with Crippen LogP contribution in [-0.4, -0.2) is 14.3 Å². The van der Waals surface area contributed by atoms with Crippen molar-refractivity contribution < 1.29 is 17.6 Å². The van der Waals surface area contributed by atoms with E-state index in [1.165, 1.54) is 24.3 Å². The molecule has 5 nitrogen and oxygen atoms in total. The lowest BCUT2D eigenvalue weighted by atomic mass is 10.2. The van der Waals surface area contributed by atoms with Crippen molar-refractivity contribution in [1.29, 1.82) is 0 Å². The Balaban J connectivity index is 2.11.